The summed E-state index contributed by atoms with van der Waals surface area (Å²) in [7, 11) is 0. The van der Waals surface area contributed by atoms with Gasteiger partial charge in [0.05, 0.1) is 0 Å². The molecule has 1 saturated heterocycles. The van der Waals surface area contributed by atoms with Crippen molar-refractivity contribution in [3.05, 3.63) is 33.4 Å². The fourth-order valence-electron chi connectivity index (χ4n) is 2.16. The van der Waals surface area contributed by atoms with Crippen LogP contribution in [0.1, 0.15) is 18.4 Å². The topological polar surface area (TPSA) is 81.4 Å². The van der Waals surface area contributed by atoms with Gasteiger partial charge in [-0.1, -0.05) is 18.2 Å². The smallest absolute Gasteiger partial charge is 0.249 e. The van der Waals surface area contributed by atoms with Crippen LogP contribution in [0.25, 0.3) is 0 Å². The molecule has 0 aromatic heterocycles. The number of benzene rings is 1. The molecule has 1 aromatic carbocycles. The minimum Gasteiger partial charge on any atom is -0.368 e. The highest BCUT2D eigenvalue weighted by Crippen LogP contribution is 2.15. The van der Waals surface area contributed by atoms with E-state index in [1.165, 1.54) is 0 Å². The van der Waals surface area contributed by atoms with Crippen LogP contribution in [0.3, 0.4) is 0 Å². The number of carbonyl (C=O) groups is 2. The second-order valence-electron chi connectivity index (χ2n) is 4.76. The molecular formula is C14H17IN2O3. The van der Waals surface area contributed by atoms with E-state index in [1.54, 1.807) is 0 Å². The average Bonchev–Trinajstić information content (AvgIpc) is 2.94. The Hall–Kier alpha value is -1.15. The molecule has 1 aromatic rings. The number of carbonyl (C=O) groups excluding carboxylic acids is 2. The molecule has 0 saturated carbocycles. The van der Waals surface area contributed by atoms with Gasteiger partial charge in [-0.2, -0.15) is 0 Å². The molecule has 6 heteroatoms. The molecule has 2 amide bonds. The first-order chi connectivity index (χ1) is 9.58. The third kappa shape index (κ3) is 3.92. The summed E-state index contributed by atoms with van der Waals surface area (Å²) in [6.07, 6.45) is 1.51. The Morgan fingerprint density at radius 3 is 2.80 bits per heavy atom. The maximum Gasteiger partial charge on any atom is 0.249 e. The summed E-state index contributed by atoms with van der Waals surface area (Å²) in [5, 5.41) is 2.69. The predicted molar refractivity (Wildman–Crippen MR) is 83.0 cm³/mol. The number of primary amides is 1. The molecule has 0 bridgehead atoms. The van der Waals surface area contributed by atoms with E-state index in [0.717, 1.165) is 15.6 Å². The molecule has 0 radical (unpaired) electrons. The van der Waals surface area contributed by atoms with Gasteiger partial charge >= 0.3 is 0 Å². The van der Waals surface area contributed by atoms with Crippen molar-refractivity contribution in [2.45, 2.75) is 31.4 Å². The second-order valence-corrected chi connectivity index (χ2v) is 5.92. The molecule has 0 aliphatic carbocycles. The number of ether oxygens (including phenoxy) is 1. The zero-order valence-corrected chi connectivity index (χ0v) is 13.1. The number of nitrogens with one attached hydrogen (secondary N) is 1. The minimum atomic E-state index is -0.706. The fourth-order valence-corrected chi connectivity index (χ4v) is 2.76. The molecule has 1 heterocycles. The van der Waals surface area contributed by atoms with Gasteiger partial charge in [0, 0.05) is 16.6 Å². The maximum absolute atomic E-state index is 12.0. The van der Waals surface area contributed by atoms with Crippen molar-refractivity contribution in [1.29, 1.82) is 0 Å². The Kier molecular flexibility index (Phi) is 5.36. The van der Waals surface area contributed by atoms with Crippen molar-refractivity contribution >= 4 is 34.4 Å². The summed E-state index contributed by atoms with van der Waals surface area (Å²) in [5.74, 6) is -0.784. The van der Waals surface area contributed by atoms with Gasteiger partial charge in [0.2, 0.25) is 11.8 Å². The number of hydrogen-bond donors (Lipinski definition) is 2. The van der Waals surface area contributed by atoms with Gasteiger partial charge < -0.3 is 15.8 Å². The standard InChI is InChI=1S/C14H17IN2O3/c15-10-5-2-1-4-9(10)8-11(13(16)18)17-14(19)12-6-3-7-20-12/h1-2,4-5,11-12H,3,6-8H2,(H2,16,18)(H,17,19)/t11-,12+/m1/s1. The number of hydrogen-bond acceptors (Lipinski definition) is 3. The zero-order valence-electron chi connectivity index (χ0n) is 11.0. The lowest BCUT2D eigenvalue weighted by Gasteiger charge is -2.18. The zero-order chi connectivity index (χ0) is 14.5. The number of halogens is 1. The third-order valence-electron chi connectivity index (χ3n) is 3.26. The van der Waals surface area contributed by atoms with E-state index in [0.29, 0.717) is 19.4 Å². The Balaban J connectivity index is 2.02. The quantitative estimate of drug-likeness (QED) is 0.739. The molecule has 20 heavy (non-hydrogen) atoms. The van der Waals surface area contributed by atoms with Crippen LogP contribution >= 0.6 is 22.6 Å². The highest BCUT2D eigenvalue weighted by Gasteiger charge is 2.27. The van der Waals surface area contributed by atoms with Gasteiger partial charge in [0.1, 0.15) is 12.1 Å². The summed E-state index contributed by atoms with van der Waals surface area (Å²) in [6.45, 7) is 0.593. The Morgan fingerprint density at radius 1 is 1.45 bits per heavy atom. The Morgan fingerprint density at radius 2 is 2.20 bits per heavy atom. The van der Waals surface area contributed by atoms with Crippen LogP contribution in [-0.4, -0.2) is 30.6 Å². The first-order valence-electron chi connectivity index (χ1n) is 6.52. The largest absolute Gasteiger partial charge is 0.368 e. The maximum atomic E-state index is 12.0. The van der Waals surface area contributed by atoms with Crippen molar-refractivity contribution in [1.82, 2.24) is 5.32 Å². The van der Waals surface area contributed by atoms with Gasteiger partial charge in [-0.15, -0.1) is 0 Å². The minimum absolute atomic E-state index is 0.253. The highest BCUT2D eigenvalue weighted by molar-refractivity contribution is 14.1. The predicted octanol–water partition coefficient (Wildman–Crippen LogP) is 0.983. The van der Waals surface area contributed by atoms with Crippen LogP contribution in [0, 0.1) is 3.57 Å². The second kappa shape index (κ2) is 7.03. The van der Waals surface area contributed by atoms with Gasteiger partial charge in [0.25, 0.3) is 0 Å². The van der Waals surface area contributed by atoms with Crippen molar-refractivity contribution in [3.63, 3.8) is 0 Å². The van der Waals surface area contributed by atoms with Crippen molar-refractivity contribution in [2.75, 3.05) is 6.61 Å². The lowest BCUT2D eigenvalue weighted by molar-refractivity contribution is -0.133. The van der Waals surface area contributed by atoms with E-state index in [1.807, 2.05) is 24.3 Å². The Labute approximate surface area is 131 Å². The highest BCUT2D eigenvalue weighted by atomic mass is 127. The number of nitrogens with two attached hydrogens (primary N) is 1. The normalized spacial score (nSPS) is 19.6. The Bertz CT molecular complexity index is 501. The number of rotatable bonds is 5. The molecule has 3 N–H and O–H groups in total. The van der Waals surface area contributed by atoms with Crippen LogP contribution in [0.5, 0.6) is 0 Å². The van der Waals surface area contributed by atoms with Gasteiger partial charge in [-0.05, 0) is 47.1 Å². The molecule has 1 aliphatic rings. The van der Waals surface area contributed by atoms with Gasteiger partial charge in [-0.25, -0.2) is 0 Å². The monoisotopic (exact) mass is 388 g/mol. The lowest BCUT2D eigenvalue weighted by Crippen LogP contribution is -2.49. The molecular weight excluding hydrogens is 371 g/mol. The molecule has 1 fully saturated rings. The lowest BCUT2D eigenvalue weighted by atomic mass is 10.0. The summed E-state index contributed by atoms with van der Waals surface area (Å²) < 4.78 is 6.35. The molecule has 5 nitrogen and oxygen atoms in total. The summed E-state index contributed by atoms with van der Waals surface area (Å²) in [6, 6.07) is 7.00. The van der Waals surface area contributed by atoms with E-state index in [2.05, 4.69) is 27.9 Å². The van der Waals surface area contributed by atoms with Crippen LogP contribution in [-0.2, 0) is 20.7 Å². The van der Waals surface area contributed by atoms with Crippen LogP contribution in [0.4, 0.5) is 0 Å². The fraction of sp³-hybridized carbons (Fsp3) is 0.429. The molecule has 0 unspecified atom stereocenters. The van der Waals surface area contributed by atoms with E-state index in [9.17, 15) is 9.59 Å². The van der Waals surface area contributed by atoms with Crippen molar-refractivity contribution in [3.8, 4) is 0 Å². The molecule has 2 rings (SSSR count). The van der Waals surface area contributed by atoms with Crippen molar-refractivity contribution in [2.24, 2.45) is 5.73 Å². The van der Waals surface area contributed by atoms with E-state index in [4.69, 9.17) is 10.5 Å². The van der Waals surface area contributed by atoms with Crippen LogP contribution in [0.2, 0.25) is 0 Å². The van der Waals surface area contributed by atoms with E-state index >= 15 is 0 Å². The number of amides is 2. The first kappa shape index (κ1) is 15.2. The molecule has 2 atom stereocenters. The van der Waals surface area contributed by atoms with Crippen LogP contribution < -0.4 is 11.1 Å². The molecule has 0 spiro atoms. The van der Waals surface area contributed by atoms with E-state index in [-0.39, 0.29) is 5.91 Å². The van der Waals surface area contributed by atoms with Gasteiger partial charge in [0.15, 0.2) is 0 Å². The SMILES string of the molecule is NC(=O)[C@@H](Cc1ccccc1I)NC(=O)[C@@H]1CCCO1. The molecule has 1 aliphatic heterocycles. The average molecular weight is 388 g/mol. The third-order valence-corrected chi connectivity index (χ3v) is 4.32. The summed E-state index contributed by atoms with van der Waals surface area (Å²) >= 11 is 2.20. The van der Waals surface area contributed by atoms with E-state index < -0.39 is 18.1 Å². The van der Waals surface area contributed by atoms with Gasteiger partial charge in [-0.3, -0.25) is 9.59 Å². The first-order valence-corrected chi connectivity index (χ1v) is 7.60. The van der Waals surface area contributed by atoms with Crippen LogP contribution in [0.15, 0.2) is 24.3 Å². The van der Waals surface area contributed by atoms with Crippen molar-refractivity contribution < 1.29 is 14.3 Å². The summed E-state index contributed by atoms with van der Waals surface area (Å²) in [5.41, 5.74) is 6.37. The molecule has 108 valence electrons. The summed E-state index contributed by atoms with van der Waals surface area (Å²) in [4.78, 5) is 23.5.